The van der Waals surface area contributed by atoms with Crippen molar-refractivity contribution in [3.8, 4) is 24.7 Å². The minimum atomic E-state index is -0.420. The second kappa shape index (κ2) is 13.8. The van der Waals surface area contributed by atoms with Crippen LogP contribution in [0.3, 0.4) is 0 Å². The van der Waals surface area contributed by atoms with Crippen LogP contribution in [0.4, 0.5) is 11.4 Å². The molecule has 10 heteroatoms. The molecule has 4 aliphatic heterocycles. The number of carbonyl (C=O) groups excluding carboxylic acids is 4. The van der Waals surface area contributed by atoms with Gasteiger partial charge in [-0.3, -0.25) is 29.0 Å². The van der Waals surface area contributed by atoms with E-state index in [1.54, 1.807) is 48.5 Å². The summed E-state index contributed by atoms with van der Waals surface area (Å²) in [6.45, 7) is 9.92. The molecule has 0 N–H and O–H groups in total. The van der Waals surface area contributed by atoms with Gasteiger partial charge in [-0.1, -0.05) is 39.5 Å². The molecule has 10 nitrogen and oxygen atoms in total. The van der Waals surface area contributed by atoms with E-state index in [2.05, 4.69) is 39.5 Å². The number of nitrogens with zero attached hydrogens (tertiary/aromatic N) is 2. The Labute approximate surface area is 370 Å². The second-order valence-electron chi connectivity index (χ2n) is 22.6. The quantitative estimate of drug-likeness (QED) is 0.233. The fourth-order valence-corrected chi connectivity index (χ4v) is 16.3. The topological polar surface area (TPSA) is 112 Å². The van der Waals surface area contributed by atoms with Gasteiger partial charge in [0, 0.05) is 11.1 Å². The van der Waals surface area contributed by atoms with E-state index in [1.165, 1.54) is 9.80 Å². The van der Waals surface area contributed by atoms with Crippen LogP contribution in [0, 0.1) is 88.3 Å². The molecule has 4 amide bonds. The molecular formula is C53H58N2O8. The summed E-state index contributed by atoms with van der Waals surface area (Å²) in [5.41, 5.74) is 2.87. The Morgan fingerprint density at radius 3 is 1.00 bits per heavy atom. The molecule has 2 aromatic carbocycles. The lowest BCUT2D eigenvalue weighted by atomic mass is 9.59. The molecule has 4 heterocycles. The lowest BCUT2D eigenvalue weighted by molar-refractivity contribution is -0.266. The summed E-state index contributed by atoms with van der Waals surface area (Å²) in [6, 6.07) is 14.2. The number of imide groups is 2. The van der Waals surface area contributed by atoms with E-state index in [4.69, 9.17) is 31.8 Å². The summed E-state index contributed by atoms with van der Waals surface area (Å²) in [6.07, 6.45) is 18.1. The summed E-state index contributed by atoms with van der Waals surface area (Å²) in [7, 11) is 0. The van der Waals surface area contributed by atoms with Crippen molar-refractivity contribution >= 4 is 35.0 Å². The van der Waals surface area contributed by atoms with Crippen LogP contribution in [0.5, 0.6) is 0 Å². The molecule has 63 heavy (non-hydrogen) atoms. The molecule has 6 aliphatic carbocycles. The zero-order valence-corrected chi connectivity index (χ0v) is 36.7. The Morgan fingerprint density at radius 2 is 0.714 bits per heavy atom. The van der Waals surface area contributed by atoms with Crippen LogP contribution in [0.15, 0.2) is 48.5 Å². The third-order valence-corrected chi connectivity index (χ3v) is 18.7. The Kier molecular flexibility index (Phi) is 8.84. The fraction of sp³-hybridized carbons (Fsp3) is 0.623. The summed E-state index contributed by atoms with van der Waals surface area (Å²) < 4.78 is 28.3. The first-order chi connectivity index (χ1) is 30.2. The summed E-state index contributed by atoms with van der Waals surface area (Å²) >= 11 is 0. The first-order valence-corrected chi connectivity index (χ1v) is 23.7. The van der Waals surface area contributed by atoms with Gasteiger partial charge in [0.05, 0.1) is 83.9 Å². The highest BCUT2D eigenvalue weighted by Gasteiger charge is 2.71. The van der Waals surface area contributed by atoms with Gasteiger partial charge < -0.3 is 18.9 Å². The van der Waals surface area contributed by atoms with Crippen molar-refractivity contribution in [2.75, 3.05) is 9.80 Å². The van der Waals surface area contributed by atoms with Crippen molar-refractivity contribution < 1.29 is 38.1 Å². The molecular weight excluding hydrogens is 793 g/mol. The first kappa shape index (κ1) is 40.2. The lowest BCUT2D eigenvalue weighted by Crippen LogP contribution is -2.59. The third kappa shape index (κ3) is 5.79. The first-order valence-electron chi connectivity index (χ1n) is 23.7. The van der Waals surface area contributed by atoms with Crippen LogP contribution in [0.25, 0.3) is 0 Å². The number of rotatable bonds is 2. The number of amides is 4. The van der Waals surface area contributed by atoms with Gasteiger partial charge in [0.1, 0.15) is 0 Å². The Morgan fingerprint density at radius 1 is 0.444 bits per heavy atom. The molecule has 16 unspecified atom stereocenters. The predicted molar refractivity (Wildman–Crippen MR) is 232 cm³/mol. The number of hydrogen-bond donors (Lipinski definition) is 0. The molecule has 0 aromatic heterocycles. The maximum absolute atomic E-state index is 13.9. The number of ether oxygens (including phenoxy) is 4. The smallest absolute Gasteiger partial charge is 0.237 e. The molecule has 12 rings (SSSR count). The van der Waals surface area contributed by atoms with Crippen molar-refractivity contribution in [1.82, 2.24) is 0 Å². The molecule has 6 saturated carbocycles. The number of terminal acetylenes is 2. The minimum Gasteiger partial charge on any atom is -0.370 e. The molecule has 1 spiro atoms. The molecule has 328 valence electrons. The van der Waals surface area contributed by atoms with Gasteiger partial charge in [-0.05, 0) is 153 Å². The van der Waals surface area contributed by atoms with Crippen LogP contribution in [0.2, 0.25) is 0 Å². The van der Waals surface area contributed by atoms with Gasteiger partial charge in [-0.15, -0.1) is 12.8 Å². The standard InChI is InChI=1S/C53H58N2O8/c1-7-27-9-13-29(14-10-27)54-47(56)31-17-39-41(19-33(31)49(54)58)62-45-23-37-35(21-43(45)60-39)51(3,4)25-53(37)26-52(5,6)36-22-44-46(24-38(36)53)63-42-20-34-32(18-40(42)61-44)48(57)55(50(34)59)30-15-11-28(8-2)12-16-30/h1-2,9-16,31-46H,17-26H2,3-6H3. The summed E-state index contributed by atoms with van der Waals surface area (Å²) in [4.78, 5) is 58.2. The second-order valence-corrected chi connectivity index (χ2v) is 22.6. The Bertz CT molecular complexity index is 2210. The fourth-order valence-electron chi connectivity index (χ4n) is 16.3. The number of hydrogen-bond acceptors (Lipinski definition) is 8. The number of carbonyl (C=O) groups is 4. The molecule has 0 bridgehead atoms. The highest BCUT2D eigenvalue weighted by molar-refractivity contribution is 6.23. The average Bonchev–Trinajstić information content (AvgIpc) is 3.83. The third-order valence-electron chi connectivity index (χ3n) is 18.7. The highest BCUT2D eigenvalue weighted by atomic mass is 16.6. The molecule has 0 radical (unpaired) electrons. The van der Waals surface area contributed by atoms with Crippen molar-refractivity contribution in [2.24, 2.45) is 63.6 Å². The lowest BCUT2D eigenvalue weighted by Gasteiger charge is -2.54. The Hall–Kier alpha value is -4.32. The van der Waals surface area contributed by atoms with Crippen LogP contribution >= 0.6 is 0 Å². The van der Waals surface area contributed by atoms with E-state index in [0.717, 1.165) is 38.5 Å². The van der Waals surface area contributed by atoms with Gasteiger partial charge in [0.15, 0.2) is 0 Å². The van der Waals surface area contributed by atoms with E-state index in [0.29, 0.717) is 71.9 Å². The van der Waals surface area contributed by atoms with Gasteiger partial charge in [0.2, 0.25) is 23.6 Å². The van der Waals surface area contributed by atoms with Gasteiger partial charge in [0.25, 0.3) is 0 Å². The highest BCUT2D eigenvalue weighted by Crippen LogP contribution is 2.75. The van der Waals surface area contributed by atoms with Crippen molar-refractivity contribution in [3.05, 3.63) is 59.7 Å². The van der Waals surface area contributed by atoms with E-state index in [9.17, 15) is 19.2 Å². The number of anilines is 2. The maximum atomic E-state index is 13.9. The molecule has 4 saturated heterocycles. The Balaban J connectivity index is 0.767. The van der Waals surface area contributed by atoms with Gasteiger partial charge in [-0.2, -0.15) is 0 Å². The van der Waals surface area contributed by atoms with E-state index < -0.39 is 23.7 Å². The number of fused-ring (bicyclic) bond motifs is 10. The van der Waals surface area contributed by atoms with Gasteiger partial charge >= 0.3 is 0 Å². The van der Waals surface area contributed by atoms with E-state index in [1.807, 2.05) is 0 Å². The SMILES string of the molecule is C#Cc1ccc(N2C(=O)C3CC4OC5CC6C(CC5OC4CC3C2=O)C2(CC6(C)C)CC(C)(C)C3CC4OC5CC6C(=O)N(c7ccc(C#C)cc7)C(=O)C6CC5OC4CC32)cc1. The normalized spacial score (nSPS) is 44.9. The van der Waals surface area contributed by atoms with Crippen LogP contribution in [-0.4, -0.2) is 72.5 Å². The predicted octanol–water partition coefficient (Wildman–Crippen LogP) is 7.09. The summed E-state index contributed by atoms with van der Waals surface area (Å²) in [5.74, 6) is 4.83. The maximum Gasteiger partial charge on any atom is 0.237 e. The zero-order valence-electron chi connectivity index (χ0n) is 36.7. The molecule has 2 aromatic rings. The van der Waals surface area contributed by atoms with Crippen molar-refractivity contribution in [3.63, 3.8) is 0 Å². The minimum absolute atomic E-state index is 0.0374. The zero-order chi connectivity index (χ0) is 43.5. The molecule has 16 atom stereocenters. The van der Waals surface area contributed by atoms with Crippen LogP contribution < -0.4 is 9.80 Å². The van der Waals surface area contributed by atoms with E-state index >= 15 is 0 Å². The largest absolute Gasteiger partial charge is 0.370 e. The van der Waals surface area contributed by atoms with Crippen molar-refractivity contribution in [2.45, 2.75) is 141 Å². The van der Waals surface area contributed by atoms with E-state index in [-0.39, 0.29) is 88.7 Å². The molecule has 10 aliphatic rings. The van der Waals surface area contributed by atoms with Crippen molar-refractivity contribution in [1.29, 1.82) is 0 Å². The monoisotopic (exact) mass is 850 g/mol. The summed E-state index contributed by atoms with van der Waals surface area (Å²) in [5, 5.41) is 0. The molecule has 10 fully saturated rings. The van der Waals surface area contributed by atoms with Gasteiger partial charge in [-0.25, -0.2) is 0 Å². The number of benzene rings is 2. The average molecular weight is 851 g/mol. The van der Waals surface area contributed by atoms with Crippen LogP contribution in [0.1, 0.15) is 103 Å². The van der Waals surface area contributed by atoms with Crippen LogP contribution in [-0.2, 0) is 38.1 Å².